The number of aromatic amines is 1. The minimum atomic E-state index is -0.300. The van der Waals surface area contributed by atoms with Crippen molar-refractivity contribution in [3.8, 4) is 0 Å². The Hall–Kier alpha value is -2.54. The van der Waals surface area contributed by atoms with Crippen molar-refractivity contribution >= 4 is 27.5 Å². The largest absolute Gasteiger partial charge is 0.352 e. The van der Waals surface area contributed by atoms with Crippen LogP contribution in [0.1, 0.15) is 47.5 Å². The van der Waals surface area contributed by atoms with Gasteiger partial charge in [-0.25, -0.2) is 9.37 Å². The first-order chi connectivity index (χ1) is 13.6. The van der Waals surface area contributed by atoms with Gasteiger partial charge in [-0.1, -0.05) is 18.6 Å². The van der Waals surface area contributed by atoms with Gasteiger partial charge in [0.2, 0.25) is 5.91 Å². The fourth-order valence-corrected chi connectivity index (χ4v) is 4.91. The summed E-state index contributed by atoms with van der Waals surface area (Å²) in [5, 5.41) is 3.55. The predicted octanol–water partition coefficient (Wildman–Crippen LogP) is 3.64. The lowest BCUT2D eigenvalue weighted by Crippen LogP contribution is -2.23. The van der Waals surface area contributed by atoms with Gasteiger partial charge >= 0.3 is 0 Å². The first kappa shape index (κ1) is 18.8. The molecule has 7 heteroatoms. The standard InChI is InChI=1S/C21H22FN3O2S/c22-14-8-6-13(7-9-14)12-23-18(26)11-10-17-24-20(27)19-15-4-2-1-3-5-16(15)28-21(19)25-17/h6-9H,1-5,10-12H2,(H,23,26)(H,24,25,27). The van der Waals surface area contributed by atoms with Crippen LogP contribution in [0.2, 0.25) is 0 Å². The SMILES string of the molecule is O=C(CCc1nc2sc3c(c2c(=O)[nH]1)CCCCC3)NCc1ccc(F)cc1. The normalized spacial score (nSPS) is 13.9. The van der Waals surface area contributed by atoms with Crippen molar-refractivity contribution in [2.45, 2.75) is 51.5 Å². The number of rotatable bonds is 5. The summed E-state index contributed by atoms with van der Waals surface area (Å²) >= 11 is 1.62. The second-order valence-electron chi connectivity index (χ2n) is 7.16. The minimum absolute atomic E-state index is 0.0916. The zero-order valence-electron chi connectivity index (χ0n) is 15.5. The van der Waals surface area contributed by atoms with Crippen molar-refractivity contribution in [3.05, 3.63) is 62.3 Å². The van der Waals surface area contributed by atoms with Gasteiger partial charge in [0.05, 0.1) is 5.39 Å². The lowest BCUT2D eigenvalue weighted by Gasteiger charge is -2.05. The maximum Gasteiger partial charge on any atom is 0.259 e. The van der Waals surface area contributed by atoms with Crippen LogP contribution in [0.5, 0.6) is 0 Å². The molecule has 4 rings (SSSR count). The third-order valence-electron chi connectivity index (χ3n) is 5.12. The molecule has 0 saturated heterocycles. The molecule has 28 heavy (non-hydrogen) atoms. The molecule has 0 radical (unpaired) electrons. The summed E-state index contributed by atoms with van der Waals surface area (Å²) in [5.74, 6) is 0.117. The Morgan fingerprint density at radius 2 is 1.96 bits per heavy atom. The fourth-order valence-electron chi connectivity index (χ4n) is 3.63. The van der Waals surface area contributed by atoms with E-state index in [1.165, 1.54) is 35.4 Å². The van der Waals surface area contributed by atoms with Crippen LogP contribution in [0, 0.1) is 5.82 Å². The van der Waals surface area contributed by atoms with Crippen molar-refractivity contribution < 1.29 is 9.18 Å². The fraction of sp³-hybridized carbons (Fsp3) is 0.381. The zero-order valence-corrected chi connectivity index (χ0v) is 16.3. The maximum atomic E-state index is 12.9. The van der Waals surface area contributed by atoms with Crippen molar-refractivity contribution in [2.24, 2.45) is 0 Å². The second-order valence-corrected chi connectivity index (χ2v) is 8.24. The highest BCUT2D eigenvalue weighted by Crippen LogP contribution is 2.32. The Labute approximate surface area is 166 Å². The van der Waals surface area contributed by atoms with Crippen LogP contribution in [0.4, 0.5) is 4.39 Å². The number of carbonyl (C=O) groups is 1. The van der Waals surface area contributed by atoms with E-state index in [1.54, 1.807) is 23.5 Å². The Morgan fingerprint density at radius 1 is 1.18 bits per heavy atom. The van der Waals surface area contributed by atoms with Gasteiger partial charge in [0.25, 0.3) is 5.56 Å². The van der Waals surface area contributed by atoms with Crippen LogP contribution in [-0.4, -0.2) is 15.9 Å². The lowest BCUT2D eigenvalue weighted by molar-refractivity contribution is -0.121. The molecule has 2 N–H and O–H groups in total. The van der Waals surface area contributed by atoms with Gasteiger partial charge in [-0.15, -0.1) is 11.3 Å². The molecule has 0 atom stereocenters. The van der Waals surface area contributed by atoms with Gasteiger partial charge in [0.15, 0.2) is 0 Å². The van der Waals surface area contributed by atoms with Crippen LogP contribution in [-0.2, 0) is 30.6 Å². The van der Waals surface area contributed by atoms with Gasteiger partial charge in [0.1, 0.15) is 16.5 Å². The number of aromatic nitrogens is 2. The molecule has 0 aliphatic heterocycles. The molecule has 1 aromatic carbocycles. The van der Waals surface area contributed by atoms with Gasteiger partial charge in [-0.05, 0) is 48.9 Å². The van der Waals surface area contributed by atoms with E-state index in [-0.39, 0.29) is 23.7 Å². The molecule has 146 valence electrons. The molecule has 1 aliphatic rings. The molecule has 5 nitrogen and oxygen atoms in total. The molecule has 1 amide bonds. The monoisotopic (exact) mass is 399 g/mol. The number of aryl methyl sites for hydroxylation is 3. The van der Waals surface area contributed by atoms with E-state index in [4.69, 9.17) is 0 Å². The Kier molecular flexibility index (Phi) is 5.52. The molecule has 1 aliphatic carbocycles. The lowest BCUT2D eigenvalue weighted by atomic mass is 10.1. The topological polar surface area (TPSA) is 74.8 Å². The predicted molar refractivity (Wildman–Crippen MR) is 108 cm³/mol. The molecule has 3 aromatic rings. The molecular weight excluding hydrogens is 377 g/mol. The molecule has 0 spiro atoms. The Morgan fingerprint density at radius 3 is 2.79 bits per heavy atom. The first-order valence-electron chi connectivity index (χ1n) is 9.65. The zero-order chi connectivity index (χ0) is 19.5. The maximum absolute atomic E-state index is 12.9. The summed E-state index contributed by atoms with van der Waals surface area (Å²) in [6, 6.07) is 6.02. The highest BCUT2D eigenvalue weighted by Gasteiger charge is 2.19. The number of amides is 1. The number of H-pyrrole nitrogens is 1. The number of carbonyl (C=O) groups excluding carboxylic acids is 1. The van der Waals surface area contributed by atoms with Crippen LogP contribution in [0.15, 0.2) is 29.1 Å². The number of hydrogen-bond donors (Lipinski definition) is 2. The van der Waals surface area contributed by atoms with Crippen LogP contribution >= 0.6 is 11.3 Å². The first-order valence-corrected chi connectivity index (χ1v) is 10.5. The number of fused-ring (bicyclic) bond motifs is 3. The van der Waals surface area contributed by atoms with E-state index in [9.17, 15) is 14.0 Å². The molecule has 2 aromatic heterocycles. The average Bonchev–Trinajstić information content (AvgIpc) is 2.88. The van der Waals surface area contributed by atoms with Gasteiger partial charge in [-0.2, -0.15) is 0 Å². The average molecular weight is 399 g/mol. The Bertz CT molecular complexity index is 1060. The van der Waals surface area contributed by atoms with Crippen molar-refractivity contribution in [2.75, 3.05) is 0 Å². The smallest absolute Gasteiger partial charge is 0.259 e. The minimum Gasteiger partial charge on any atom is -0.352 e. The third-order valence-corrected chi connectivity index (χ3v) is 6.30. The van der Waals surface area contributed by atoms with Crippen molar-refractivity contribution in [1.29, 1.82) is 0 Å². The third kappa shape index (κ3) is 4.14. The summed E-state index contributed by atoms with van der Waals surface area (Å²) in [6.07, 6.45) is 6.08. The van der Waals surface area contributed by atoms with Crippen LogP contribution in [0.25, 0.3) is 10.2 Å². The summed E-state index contributed by atoms with van der Waals surface area (Å²) in [6.45, 7) is 0.347. The van der Waals surface area contributed by atoms with Crippen molar-refractivity contribution in [1.82, 2.24) is 15.3 Å². The molecule has 0 bridgehead atoms. The van der Waals surface area contributed by atoms with E-state index in [2.05, 4.69) is 15.3 Å². The number of benzene rings is 1. The summed E-state index contributed by atoms with van der Waals surface area (Å²) < 4.78 is 12.9. The molecule has 0 saturated carbocycles. The number of nitrogens with zero attached hydrogens (tertiary/aromatic N) is 1. The van der Waals surface area contributed by atoms with E-state index in [1.807, 2.05) is 0 Å². The van der Waals surface area contributed by atoms with Gasteiger partial charge < -0.3 is 10.3 Å². The van der Waals surface area contributed by atoms with E-state index >= 15 is 0 Å². The van der Waals surface area contributed by atoms with E-state index < -0.39 is 0 Å². The van der Waals surface area contributed by atoms with Crippen molar-refractivity contribution in [3.63, 3.8) is 0 Å². The quantitative estimate of drug-likeness (QED) is 0.643. The number of nitrogens with one attached hydrogen (secondary N) is 2. The van der Waals surface area contributed by atoms with Crippen LogP contribution in [0.3, 0.4) is 0 Å². The number of hydrogen-bond acceptors (Lipinski definition) is 4. The number of halogens is 1. The van der Waals surface area contributed by atoms with Gasteiger partial charge in [-0.3, -0.25) is 9.59 Å². The highest BCUT2D eigenvalue weighted by atomic mass is 32.1. The Balaban J connectivity index is 1.41. The second kappa shape index (κ2) is 8.22. The highest BCUT2D eigenvalue weighted by molar-refractivity contribution is 7.18. The van der Waals surface area contributed by atoms with E-state index in [0.29, 0.717) is 18.8 Å². The number of thiophene rings is 1. The van der Waals surface area contributed by atoms with E-state index in [0.717, 1.165) is 35.0 Å². The summed E-state index contributed by atoms with van der Waals surface area (Å²) in [4.78, 5) is 34.3. The summed E-state index contributed by atoms with van der Waals surface area (Å²) in [5.41, 5.74) is 1.92. The molecule has 0 unspecified atom stereocenters. The molecule has 2 heterocycles. The van der Waals surface area contributed by atoms with Gasteiger partial charge in [0, 0.05) is 24.3 Å². The molecular formula is C21H22FN3O2S. The summed E-state index contributed by atoms with van der Waals surface area (Å²) in [7, 11) is 0. The molecule has 0 fully saturated rings. The van der Waals surface area contributed by atoms with Crippen LogP contribution < -0.4 is 10.9 Å².